The van der Waals surface area contributed by atoms with Gasteiger partial charge in [-0.1, -0.05) is 6.07 Å². The van der Waals surface area contributed by atoms with Crippen molar-refractivity contribution < 1.29 is 263 Å². The number of nitrogens with two attached hydrogens (primary N) is 1. The summed E-state index contributed by atoms with van der Waals surface area (Å²) in [4.78, 5) is 345. The third kappa shape index (κ3) is 79.6. The van der Waals surface area contributed by atoms with Crippen molar-refractivity contribution in [2.75, 3.05) is 225 Å². The SMILES string of the molecule is NCCCC(O)(P(=O)(O)O)P(=O)(O)O.O=P(O)(O)CN(CCN(CP(=O)(O)O)CP(=O)(O)O)CCN(CP(=O)(O)O)CP(=O)(O)O.O=P(O)(O)CN(CCN(CP(=O)(O)O)CP(=O)(O)O)CP(=O)(O)O.O=P(O)(O)CN1CCN(CP(=O)(O)O)CCN(CP(=O)(O)O)CCN(CP(=O)(O)O)CC1.O=P(O)(O)CN1CCN(CP(=O)(O)O)Cc2cccc(n2)CN(CP(=O)(O)O)CC1. The van der Waals surface area contributed by atoms with Crippen molar-refractivity contribution in [3.63, 3.8) is 0 Å². The smallest absolute Gasteiger partial charge is 0.368 e. The highest BCUT2D eigenvalue weighted by Crippen LogP contribution is 2.69. The lowest BCUT2D eigenvalue weighted by Crippen LogP contribution is -2.46. The van der Waals surface area contributed by atoms with Crippen LogP contribution in [0.1, 0.15) is 24.2 Å². The summed E-state index contributed by atoms with van der Waals surface area (Å²) in [5.41, 5.74) is 6.03. The summed E-state index contributed by atoms with van der Waals surface area (Å²) in [6.45, 7) is -2.29. The minimum Gasteiger partial charge on any atom is -0.368 e. The summed E-state index contributed by atoms with van der Waals surface area (Å²) in [7, 11) is -84.2. The Kier molecular flexibility index (Phi) is 58.3. The standard InChI is InChI=1S/C14H27N4O9P3.C12H32N4O12P4.C9H28N3O15P5.C6H20N2O12P4.C4H13NO7P2/c19-28(20,21)10-16-4-6-17(11-29(22,23)24)8-13-2-1-3-14(15-13)9-18(7-5-16)12-30(25,26)27;17-29(18,19)9-13-1-2-14(10-30(20,21)22)5-6-16(12-32(26,27)28)8-7-15(4-3-13)11-31(23,24)25;13-28(14,15)5-10(1-3-11(6-29(16,17)18)7-30(19,20)21)2-4-12(8-31(22,23)24)9-32(25,26)27;9-21(10,11)3-7(4-22(12,13)14)1-2-8(5-23(15,16)17)6-24(18,19)20;5-3-1-2-4(6,13(7,8)9)14(10,11)12/h1-3H,4-12H2,(H2,19,20,21)(H2,22,23,24)(H2,25,26,27);1-12H2,(H2,17,18,19)(H2,20,21,22)(H2,23,24,25)(H2,26,27,28);1-9H2,(H2,13,14,15)(H2,16,17,18)(H2,19,20,21)(H2,22,23,24)(H2,25,26,27);1-6H2,(H2,9,10,11)(H2,12,13,14)(H2,15,16,17)(H2,18,19,20);6H,1-3,5H2,(H2,7,8,9)(H2,10,11,12). The Morgan fingerprint density at radius 3 is 0.553 bits per heavy atom. The second-order valence-corrected chi connectivity index (χ2v) is 59.5. The fourth-order valence-corrected chi connectivity index (χ4v) is 26.7. The molecule has 3 rings (SSSR count). The van der Waals surface area contributed by atoms with Gasteiger partial charge < -0.3 is 187 Å². The third-order valence-electron chi connectivity index (χ3n) is 16.0. The van der Waals surface area contributed by atoms with Crippen molar-refractivity contribution >= 4 is 137 Å². The Hall–Kier alpha value is 1.29. The first-order valence-electron chi connectivity index (χ1n) is 36.3. The average Bonchev–Trinajstić information content (AvgIpc) is 0.773. The van der Waals surface area contributed by atoms with Gasteiger partial charge in [0.05, 0.1) is 11.4 Å². The van der Waals surface area contributed by atoms with E-state index >= 15 is 0 Å². The van der Waals surface area contributed by atoms with Gasteiger partial charge >= 0.3 is 137 Å². The Morgan fingerprint density at radius 1 is 0.250 bits per heavy atom. The molecule has 0 atom stereocenters. The van der Waals surface area contributed by atoms with Gasteiger partial charge in [0.15, 0.2) is 0 Å². The van der Waals surface area contributed by atoms with Gasteiger partial charge in [-0.2, -0.15) is 0 Å². The largest absolute Gasteiger partial charge is 0.369 e. The molecule has 0 unspecified atom stereocenters. The predicted molar refractivity (Wildman–Crippen MR) is 459 cm³/mol. The number of fused-ring (bicyclic) bond motifs is 2. The van der Waals surface area contributed by atoms with Crippen LogP contribution in [0.15, 0.2) is 18.2 Å². The van der Waals surface area contributed by atoms with E-state index in [1.807, 2.05) is 0 Å². The highest BCUT2D eigenvalue weighted by atomic mass is 31.2. The molecule has 0 aliphatic carbocycles. The van der Waals surface area contributed by atoms with E-state index in [0.29, 0.717) is 31.0 Å². The quantitative estimate of drug-likeness (QED) is 0.0270. The monoisotopic (exact) mass is 2290 g/mol. The minimum absolute atomic E-state index is 0.00659. The average molecular weight is 2300 g/mol. The number of aliphatic hydroxyl groups is 1. The van der Waals surface area contributed by atoms with E-state index in [1.165, 1.54) is 34.3 Å². The topological polar surface area (TPSA) is 1130 Å². The maximum Gasteiger partial charge on any atom is 0.369 e. The third-order valence-corrected chi connectivity index (χ3v) is 32.2. The minimum atomic E-state index is -5.30. The van der Waals surface area contributed by atoms with E-state index in [-0.39, 0.29) is 105 Å². The van der Waals surface area contributed by atoms with Gasteiger partial charge in [0, 0.05) is 137 Å². The molecule has 3 heterocycles. The van der Waals surface area contributed by atoms with Crippen LogP contribution in [0.2, 0.25) is 0 Å². The Bertz CT molecular complexity index is 4180. The van der Waals surface area contributed by atoms with Crippen LogP contribution in [0.25, 0.3) is 0 Å². The molecule has 1 aromatic rings. The van der Waals surface area contributed by atoms with Gasteiger partial charge in [-0.3, -0.25) is 146 Å². The van der Waals surface area contributed by atoms with Crippen LogP contribution in [0, 0.1) is 0 Å². The van der Waals surface area contributed by atoms with E-state index in [4.69, 9.17) is 104 Å². The Balaban J connectivity index is 0. The number of aromatic nitrogens is 1. The van der Waals surface area contributed by atoms with Gasteiger partial charge in [-0.15, -0.1) is 0 Å². The molecule has 2 bridgehead atoms. The molecule has 132 heavy (non-hydrogen) atoms. The van der Waals surface area contributed by atoms with Gasteiger partial charge in [0.2, 0.25) is 0 Å². The van der Waals surface area contributed by atoms with Crippen LogP contribution < -0.4 is 5.73 Å². The molecule has 69 nitrogen and oxygen atoms in total. The summed E-state index contributed by atoms with van der Waals surface area (Å²) in [5, 5.41) is 5.91. The molecular weight excluding hydrogens is 2170 g/mol. The molecule has 0 aromatic carbocycles. The van der Waals surface area contributed by atoms with E-state index in [1.54, 1.807) is 18.2 Å². The van der Waals surface area contributed by atoms with Gasteiger partial charge in [-0.25, -0.2) is 0 Å². The summed E-state index contributed by atoms with van der Waals surface area (Å²) < 4.78 is 202. The summed E-state index contributed by atoms with van der Waals surface area (Å²) in [6.07, 6.45) is -14.5. The molecular formula is C45H120N14O55P18. The van der Waals surface area contributed by atoms with Crippen LogP contribution in [-0.4, -0.2) is 475 Å². The lowest BCUT2D eigenvalue weighted by atomic mass is 10.2. The summed E-state index contributed by atoms with van der Waals surface area (Å²) in [5.74, 6) is 0. The molecule has 2 aliphatic rings. The molecule has 39 N–H and O–H groups in total. The van der Waals surface area contributed by atoms with Crippen molar-refractivity contribution in [2.45, 2.75) is 31.0 Å². The zero-order valence-electron chi connectivity index (χ0n) is 69.1. The number of hydrogen-bond acceptors (Lipinski definition) is 33. The normalized spacial score (nSPS) is 17.3. The lowest BCUT2D eigenvalue weighted by Gasteiger charge is -2.34. The van der Waals surface area contributed by atoms with Gasteiger partial charge in [0.25, 0.3) is 5.08 Å². The molecule has 0 saturated carbocycles. The van der Waals surface area contributed by atoms with Crippen LogP contribution in [0.4, 0.5) is 0 Å². The Labute approximate surface area is 751 Å². The Morgan fingerprint density at radius 2 is 0.402 bits per heavy atom. The lowest BCUT2D eigenvalue weighted by molar-refractivity contribution is 0.121. The van der Waals surface area contributed by atoms with Crippen molar-refractivity contribution in [1.29, 1.82) is 0 Å². The second-order valence-electron chi connectivity index (χ2n) is 29.7. The fourth-order valence-electron chi connectivity index (χ4n) is 11.3. The molecule has 2 aliphatic heterocycles. The van der Waals surface area contributed by atoms with E-state index < -0.39 is 288 Å². The maximum absolute atomic E-state index is 11.5. The molecule has 790 valence electrons. The number of hydrogen-bond donors (Lipinski definition) is 38. The van der Waals surface area contributed by atoms with E-state index in [0.717, 1.165) is 4.90 Å². The number of pyridine rings is 1. The van der Waals surface area contributed by atoms with Crippen molar-refractivity contribution in [3.8, 4) is 0 Å². The van der Waals surface area contributed by atoms with Crippen LogP contribution >= 0.6 is 137 Å². The fraction of sp³-hybridized carbons (Fsp3) is 0.889. The molecule has 87 heteroatoms. The highest BCUT2D eigenvalue weighted by Gasteiger charge is 2.58. The molecule has 1 saturated heterocycles. The first kappa shape index (κ1) is 135. The van der Waals surface area contributed by atoms with Crippen molar-refractivity contribution in [1.82, 2.24) is 63.8 Å². The van der Waals surface area contributed by atoms with Crippen molar-refractivity contribution in [2.24, 2.45) is 5.73 Å². The van der Waals surface area contributed by atoms with Crippen molar-refractivity contribution in [3.05, 3.63) is 29.6 Å². The molecule has 1 aromatic heterocycles. The molecule has 1 fully saturated rings. The molecule has 0 radical (unpaired) electrons. The number of rotatable bonds is 46. The summed E-state index contributed by atoms with van der Waals surface area (Å²) in [6, 6.07) is 5.04. The number of nitrogens with zero attached hydrogens (tertiary/aromatic N) is 13. The van der Waals surface area contributed by atoms with E-state index in [2.05, 4.69) is 4.98 Å². The first-order chi connectivity index (χ1) is 58.4. The zero-order chi connectivity index (χ0) is 104. The predicted octanol–water partition coefficient (Wildman–Crippen LogP) is -8.42. The van der Waals surface area contributed by atoms with Gasteiger partial charge in [0.1, 0.15) is 101 Å². The summed E-state index contributed by atoms with van der Waals surface area (Å²) >= 11 is 0. The van der Waals surface area contributed by atoms with E-state index in [9.17, 15) is 166 Å². The molecule has 0 spiro atoms. The zero-order valence-corrected chi connectivity index (χ0v) is 85.2. The molecule has 0 amide bonds. The van der Waals surface area contributed by atoms with Gasteiger partial charge in [-0.05, 0) is 25.1 Å². The van der Waals surface area contributed by atoms with Crippen LogP contribution in [0.5, 0.6) is 0 Å². The highest BCUT2D eigenvalue weighted by molar-refractivity contribution is 7.72. The van der Waals surface area contributed by atoms with Crippen LogP contribution in [-0.2, 0) is 95.3 Å². The first-order valence-corrected chi connectivity index (χ1v) is 68.2. The second kappa shape index (κ2) is 56.8. The maximum atomic E-state index is 11.5. The van der Waals surface area contributed by atoms with Crippen LogP contribution in [0.3, 0.4) is 0 Å².